The van der Waals surface area contributed by atoms with Crippen molar-refractivity contribution in [1.29, 1.82) is 0 Å². The number of hydrogen-bond acceptors (Lipinski definition) is 4. The zero-order valence-corrected chi connectivity index (χ0v) is 14.6. The van der Waals surface area contributed by atoms with E-state index >= 15 is 0 Å². The van der Waals surface area contributed by atoms with Gasteiger partial charge in [0.25, 0.3) is 5.56 Å². The van der Waals surface area contributed by atoms with E-state index in [4.69, 9.17) is 11.6 Å². The van der Waals surface area contributed by atoms with Gasteiger partial charge in [-0.15, -0.1) is 0 Å². The second-order valence-corrected chi connectivity index (χ2v) is 6.38. The molecule has 0 atom stereocenters. The van der Waals surface area contributed by atoms with Gasteiger partial charge in [-0.2, -0.15) is 0 Å². The van der Waals surface area contributed by atoms with Crippen LogP contribution in [-0.4, -0.2) is 24.9 Å². The van der Waals surface area contributed by atoms with Gasteiger partial charge in [-0.3, -0.25) is 9.78 Å². The van der Waals surface area contributed by atoms with Crippen LogP contribution in [0.2, 0.25) is 5.15 Å². The van der Waals surface area contributed by atoms with Gasteiger partial charge in [0.1, 0.15) is 16.5 Å². The number of aromatic amines is 2. The number of rotatable bonds is 3. The number of aromatic nitrogens is 5. The number of nitrogens with one attached hydrogen (secondary N) is 2. The Bertz CT molecular complexity index is 1160. The van der Waals surface area contributed by atoms with Gasteiger partial charge >= 0.3 is 0 Å². The Labute approximate surface area is 148 Å². The van der Waals surface area contributed by atoms with E-state index in [9.17, 15) is 4.79 Å². The maximum absolute atomic E-state index is 12.5. The molecule has 0 bridgehead atoms. The molecule has 4 heterocycles. The average molecular weight is 354 g/mol. The number of hydrogen-bond donors (Lipinski definition) is 2. The highest BCUT2D eigenvalue weighted by molar-refractivity contribution is 6.30. The van der Waals surface area contributed by atoms with Gasteiger partial charge in [0.05, 0.1) is 22.3 Å². The lowest BCUT2D eigenvalue weighted by molar-refractivity contribution is 0.890. The summed E-state index contributed by atoms with van der Waals surface area (Å²) in [5.74, 6) is 0.503. The highest BCUT2D eigenvalue weighted by Crippen LogP contribution is 2.25. The minimum Gasteiger partial charge on any atom is -0.338 e. The van der Waals surface area contributed by atoms with Crippen molar-refractivity contribution in [3.8, 4) is 11.4 Å². The van der Waals surface area contributed by atoms with Crippen LogP contribution in [0.4, 0.5) is 0 Å². The van der Waals surface area contributed by atoms with Crippen LogP contribution < -0.4 is 5.56 Å². The third kappa shape index (κ3) is 2.68. The summed E-state index contributed by atoms with van der Waals surface area (Å²) >= 11 is 6.11. The zero-order valence-electron chi connectivity index (χ0n) is 13.9. The Balaban J connectivity index is 1.97. The van der Waals surface area contributed by atoms with Crippen molar-refractivity contribution in [2.75, 3.05) is 0 Å². The summed E-state index contributed by atoms with van der Waals surface area (Å²) in [6, 6.07) is 5.34. The molecule has 0 radical (unpaired) electrons. The first-order valence-electron chi connectivity index (χ1n) is 8.11. The first kappa shape index (κ1) is 15.8. The van der Waals surface area contributed by atoms with Crippen molar-refractivity contribution >= 4 is 33.5 Å². The first-order valence-corrected chi connectivity index (χ1v) is 8.48. The van der Waals surface area contributed by atoms with Crippen LogP contribution in [-0.2, 0) is 6.42 Å². The maximum Gasteiger partial charge on any atom is 0.259 e. The molecular formula is C18H16ClN5O. The number of nitrogens with zero attached hydrogens (tertiary/aromatic N) is 3. The first-order chi connectivity index (χ1) is 12.1. The van der Waals surface area contributed by atoms with E-state index in [2.05, 4.69) is 31.8 Å². The third-order valence-electron chi connectivity index (χ3n) is 4.22. The predicted octanol–water partition coefficient (Wildman–Crippen LogP) is 3.78. The molecular weight excluding hydrogens is 338 g/mol. The Morgan fingerprint density at radius 3 is 2.80 bits per heavy atom. The van der Waals surface area contributed by atoms with Gasteiger partial charge in [0, 0.05) is 23.3 Å². The Morgan fingerprint density at radius 1 is 1.16 bits per heavy atom. The summed E-state index contributed by atoms with van der Waals surface area (Å²) in [5.41, 5.74) is 4.25. The van der Waals surface area contributed by atoms with Gasteiger partial charge in [-0.1, -0.05) is 24.9 Å². The topological polar surface area (TPSA) is 87.3 Å². The molecule has 0 saturated heterocycles. The van der Waals surface area contributed by atoms with E-state index in [1.807, 2.05) is 13.0 Å². The van der Waals surface area contributed by atoms with Crippen LogP contribution in [0.15, 0.2) is 29.2 Å². The molecule has 126 valence electrons. The van der Waals surface area contributed by atoms with E-state index in [1.54, 1.807) is 18.3 Å². The van der Waals surface area contributed by atoms with Crippen LogP contribution in [0, 0.1) is 6.92 Å². The Kier molecular flexibility index (Phi) is 3.77. The second-order valence-electron chi connectivity index (χ2n) is 5.99. The minimum absolute atomic E-state index is 0.201. The summed E-state index contributed by atoms with van der Waals surface area (Å²) in [5, 5.41) is 1.31. The second kappa shape index (κ2) is 5.97. The molecule has 2 N–H and O–H groups in total. The van der Waals surface area contributed by atoms with Crippen LogP contribution >= 0.6 is 11.6 Å². The predicted molar refractivity (Wildman–Crippen MR) is 99.0 cm³/mol. The minimum atomic E-state index is -0.201. The molecule has 4 aromatic heterocycles. The number of halogens is 1. The van der Waals surface area contributed by atoms with Crippen molar-refractivity contribution in [1.82, 2.24) is 24.9 Å². The standard InChI is InChI=1S/C18H16ClN5O/c1-3-4-13-16-14(8-15(19)21-13)22-17(24-16)11-7-10-9(2)20-6-5-12(10)23-18(11)25/h5-8H,3-4H2,1-2H3,(H,22,24)(H,23,25). The number of pyridine rings is 3. The van der Waals surface area contributed by atoms with Gasteiger partial charge in [-0.05, 0) is 25.5 Å². The van der Waals surface area contributed by atoms with E-state index in [-0.39, 0.29) is 5.56 Å². The molecule has 4 rings (SSSR count). The van der Waals surface area contributed by atoms with Crippen molar-refractivity contribution in [3.63, 3.8) is 0 Å². The van der Waals surface area contributed by atoms with Crippen LogP contribution in [0.25, 0.3) is 33.3 Å². The lowest BCUT2D eigenvalue weighted by Gasteiger charge is -2.03. The molecule has 0 fully saturated rings. The lowest BCUT2D eigenvalue weighted by Crippen LogP contribution is -2.10. The van der Waals surface area contributed by atoms with Gasteiger partial charge < -0.3 is 9.97 Å². The summed E-state index contributed by atoms with van der Waals surface area (Å²) in [6.07, 6.45) is 3.39. The normalized spacial score (nSPS) is 11.5. The summed E-state index contributed by atoms with van der Waals surface area (Å²) < 4.78 is 0. The van der Waals surface area contributed by atoms with Crippen molar-refractivity contribution in [3.05, 3.63) is 51.3 Å². The fourth-order valence-electron chi connectivity index (χ4n) is 3.03. The largest absolute Gasteiger partial charge is 0.338 e. The number of aryl methyl sites for hydroxylation is 2. The van der Waals surface area contributed by atoms with Crippen LogP contribution in [0.1, 0.15) is 24.7 Å². The fourth-order valence-corrected chi connectivity index (χ4v) is 3.24. The summed E-state index contributed by atoms with van der Waals surface area (Å²) in [6.45, 7) is 3.98. The highest BCUT2D eigenvalue weighted by atomic mass is 35.5. The quantitative estimate of drug-likeness (QED) is 0.549. The SMILES string of the molecule is CCCc1nc(Cl)cc2[nH]c(-c3cc4c(C)nccc4[nH]c3=O)nc12. The fraction of sp³-hybridized carbons (Fsp3) is 0.222. The summed E-state index contributed by atoms with van der Waals surface area (Å²) in [7, 11) is 0. The number of fused-ring (bicyclic) bond motifs is 2. The molecule has 0 aliphatic heterocycles. The summed E-state index contributed by atoms with van der Waals surface area (Å²) in [4.78, 5) is 31.9. The molecule has 0 saturated carbocycles. The van der Waals surface area contributed by atoms with Crippen molar-refractivity contribution in [2.45, 2.75) is 26.7 Å². The van der Waals surface area contributed by atoms with Crippen LogP contribution in [0.5, 0.6) is 0 Å². The number of imidazole rings is 1. The Morgan fingerprint density at radius 2 is 2.00 bits per heavy atom. The van der Waals surface area contributed by atoms with Gasteiger partial charge in [-0.25, -0.2) is 9.97 Å². The average Bonchev–Trinajstić information content (AvgIpc) is 2.98. The molecule has 0 aliphatic carbocycles. The smallest absolute Gasteiger partial charge is 0.259 e. The molecule has 0 unspecified atom stereocenters. The third-order valence-corrected chi connectivity index (χ3v) is 4.42. The molecule has 0 aromatic carbocycles. The van der Waals surface area contributed by atoms with Gasteiger partial charge in [0.15, 0.2) is 0 Å². The molecule has 0 amide bonds. The molecule has 6 nitrogen and oxygen atoms in total. The maximum atomic E-state index is 12.5. The molecule has 7 heteroatoms. The Hall–Kier alpha value is -2.73. The highest BCUT2D eigenvalue weighted by Gasteiger charge is 2.15. The van der Waals surface area contributed by atoms with E-state index in [0.29, 0.717) is 16.5 Å². The molecule has 4 aromatic rings. The van der Waals surface area contributed by atoms with Crippen molar-refractivity contribution in [2.24, 2.45) is 0 Å². The van der Waals surface area contributed by atoms with E-state index < -0.39 is 0 Å². The van der Waals surface area contributed by atoms with E-state index in [0.717, 1.165) is 46.2 Å². The molecule has 25 heavy (non-hydrogen) atoms. The monoisotopic (exact) mass is 353 g/mol. The lowest BCUT2D eigenvalue weighted by atomic mass is 10.1. The molecule has 0 spiro atoms. The van der Waals surface area contributed by atoms with E-state index in [1.165, 1.54) is 0 Å². The van der Waals surface area contributed by atoms with Gasteiger partial charge in [0.2, 0.25) is 0 Å². The zero-order chi connectivity index (χ0) is 17.6. The van der Waals surface area contributed by atoms with Crippen molar-refractivity contribution < 1.29 is 0 Å². The molecule has 0 aliphatic rings. The number of H-pyrrole nitrogens is 2. The van der Waals surface area contributed by atoms with Crippen LogP contribution in [0.3, 0.4) is 0 Å².